The molecular formula is C10H13N3. The van der Waals surface area contributed by atoms with Crippen LogP contribution in [0.2, 0.25) is 0 Å². The van der Waals surface area contributed by atoms with Crippen LogP contribution in [-0.4, -0.2) is 14.5 Å². The van der Waals surface area contributed by atoms with Crippen molar-refractivity contribution in [1.82, 2.24) is 14.5 Å². The zero-order valence-corrected chi connectivity index (χ0v) is 8.20. The highest BCUT2D eigenvalue weighted by Crippen LogP contribution is 2.16. The molecule has 13 heavy (non-hydrogen) atoms. The van der Waals surface area contributed by atoms with Crippen LogP contribution in [0.5, 0.6) is 0 Å². The van der Waals surface area contributed by atoms with Crippen LogP contribution in [0.25, 0.3) is 11.0 Å². The number of imidazole rings is 1. The van der Waals surface area contributed by atoms with E-state index < -0.39 is 0 Å². The van der Waals surface area contributed by atoms with Crippen molar-refractivity contribution in [3.05, 3.63) is 23.8 Å². The van der Waals surface area contributed by atoms with Gasteiger partial charge >= 0.3 is 0 Å². The topological polar surface area (TPSA) is 30.7 Å². The summed E-state index contributed by atoms with van der Waals surface area (Å²) in [5.74, 6) is 0. The highest BCUT2D eigenvalue weighted by atomic mass is 15.0. The molecule has 0 radical (unpaired) electrons. The van der Waals surface area contributed by atoms with E-state index in [1.54, 1.807) is 0 Å². The monoisotopic (exact) mass is 175 g/mol. The molecule has 0 aliphatic carbocycles. The van der Waals surface area contributed by atoms with E-state index >= 15 is 0 Å². The number of nitrogens with zero attached hydrogens (tertiary/aromatic N) is 3. The van der Waals surface area contributed by atoms with Gasteiger partial charge in [-0.25, -0.2) is 4.98 Å². The first-order chi connectivity index (χ1) is 6.22. The molecule has 0 fully saturated rings. The predicted molar refractivity (Wildman–Crippen MR) is 52.7 cm³/mol. The molecule has 0 aliphatic rings. The van der Waals surface area contributed by atoms with Crippen molar-refractivity contribution < 1.29 is 0 Å². The second kappa shape index (κ2) is 2.83. The van der Waals surface area contributed by atoms with E-state index in [2.05, 4.69) is 27.5 Å². The number of aryl methyl sites for hydroxylation is 3. The second-order valence-electron chi connectivity index (χ2n) is 3.25. The van der Waals surface area contributed by atoms with Crippen LogP contribution in [0.3, 0.4) is 0 Å². The van der Waals surface area contributed by atoms with E-state index in [0.29, 0.717) is 0 Å². The molecule has 0 unspecified atom stereocenters. The van der Waals surface area contributed by atoms with Crippen molar-refractivity contribution >= 4 is 11.0 Å². The summed E-state index contributed by atoms with van der Waals surface area (Å²) in [5.41, 5.74) is 4.28. The Balaban J connectivity index is 2.82. The van der Waals surface area contributed by atoms with E-state index in [-0.39, 0.29) is 0 Å². The zero-order chi connectivity index (χ0) is 9.42. The molecule has 2 rings (SSSR count). The van der Waals surface area contributed by atoms with Gasteiger partial charge in [-0.3, -0.25) is 4.98 Å². The Morgan fingerprint density at radius 3 is 2.85 bits per heavy atom. The minimum atomic E-state index is 0.958. The Morgan fingerprint density at radius 1 is 1.38 bits per heavy atom. The summed E-state index contributed by atoms with van der Waals surface area (Å²) in [6, 6.07) is 2.08. The fourth-order valence-electron chi connectivity index (χ4n) is 1.62. The van der Waals surface area contributed by atoms with Gasteiger partial charge in [-0.15, -0.1) is 0 Å². The summed E-state index contributed by atoms with van der Waals surface area (Å²) in [5, 5.41) is 0. The lowest BCUT2D eigenvalue weighted by molar-refractivity contribution is 0.786. The number of hydrogen-bond donors (Lipinski definition) is 0. The van der Waals surface area contributed by atoms with Gasteiger partial charge in [-0.05, 0) is 26.8 Å². The van der Waals surface area contributed by atoms with Crippen LogP contribution in [0.4, 0.5) is 0 Å². The van der Waals surface area contributed by atoms with Crippen LogP contribution in [-0.2, 0) is 6.54 Å². The zero-order valence-electron chi connectivity index (χ0n) is 8.20. The van der Waals surface area contributed by atoms with Gasteiger partial charge in [0.05, 0.1) is 17.5 Å². The molecule has 3 heteroatoms. The van der Waals surface area contributed by atoms with Crippen LogP contribution >= 0.6 is 0 Å². The van der Waals surface area contributed by atoms with Gasteiger partial charge in [0.15, 0.2) is 0 Å². The van der Waals surface area contributed by atoms with Crippen LogP contribution in [0, 0.1) is 13.8 Å². The third-order valence-corrected chi connectivity index (χ3v) is 2.25. The van der Waals surface area contributed by atoms with Crippen molar-refractivity contribution in [2.45, 2.75) is 27.3 Å². The summed E-state index contributed by atoms with van der Waals surface area (Å²) >= 11 is 0. The molecule has 3 nitrogen and oxygen atoms in total. The maximum Gasteiger partial charge on any atom is 0.110 e. The molecule has 0 amide bonds. The molecular weight excluding hydrogens is 162 g/mol. The summed E-state index contributed by atoms with van der Waals surface area (Å²) in [7, 11) is 0. The molecule has 0 saturated heterocycles. The SMILES string of the molecule is CCn1cnc2c(C)nc(C)cc21. The normalized spacial score (nSPS) is 11.0. The molecule has 2 heterocycles. The van der Waals surface area contributed by atoms with Gasteiger partial charge in [0.25, 0.3) is 0 Å². The molecule has 0 spiro atoms. The van der Waals surface area contributed by atoms with Crippen molar-refractivity contribution in [3.63, 3.8) is 0 Å². The average molecular weight is 175 g/mol. The Bertz CT molecular complexity index is 443. The third kappa shape index (κ3) is 1.20. The fraction of sp³-hybridized carbons (Fsp3) is 0.400. The molecule has 0 aromatic carbocycles. The molecule has 2 aromatic heterocycles. The minimum Gasteiger partial charge on any atom is -0.331 e. The fourth-order valence-corrected chi connectivity index (χ4v) is 1.62. The number of pyridine rings is 1. The van der Waals surface area contributed by atoms with Gasteiger partial charge in [0, 0.05) is 12.2 Å². The lowest BCUT2D eigenvalue weighted by Gasteiger charge is -2.01. The Morgan fingerprint density at radius 2 is 2.15 bits per heavy atom. The van der Waals surface area contributed by atoms with E-state index in [1.165, 1.54) is 5.52 Å². The summed E-state index contributed by atoms with van der Waals surface area (Å²) in [4.78, 5) is 8.70. The van der Waals surface area contributed by atoms with Gasteiger partial charge in [0.1, 0.15) is 5.52 Å². The summed E-state index contributed by atoms with van der Waals surface area (Å²) < 4.78 is 2.14. The first kappa shape index (κ1) is 8.23. The number of hydrogen-bond acceptors (Lipinski definition) is 2. The Kier molecular flexibility index (Phi) is 1.79. The summed E-state index contributed by atoms with van der Waals surface area (Å²) in [6.45, 7) is 7.09. The maximum absolute atomic E-state index is 4.37. The van der Waals surface area contributed by atoms with E-state index in [1.807, 2.05) is 20.2 Å². The molecule has 0 bridgehead atoms. The molecule has 0 saturated carbocycles. The number of fused-ring (bicyclic) bond motifs is 1. The van der Waals surface area contributed by atoms with Crippen molar-refractivity contribution in [2.75, 3.05) is 0 Å². The van der Waals surface area contributed by atoms with Crippen LogP contribution in [0.1, 0.15) is 18.3 Å². The molecule has 2 aromatic rings. The second-order valence-corrected chi connectivity index (χ2v) is 3.25. The first-order valence-electron chi connectivity index (χ1n) is 4.51. The summed E-state index contributed by atoms with van der Waals surface area (Å²) in [6.07, 6.45) is 1.87. The standard InChI is InChI=1S/C10H13N3/c1-4-13-6-11-10-8(3)12-7(2)5-9(10)13/h5-6H,4H2,1-3H3. The number of aromatic nitrogens is 3. The molecule has 0 N–H and O–H groups in total. The third-order valence-electron chi connectivity index (χ3n) is 2.25. The Labute approximate surface area is 77.4 Å². The van der Waals surface area contributed by atoms with Gasteiger partial charge in [-0.1, -0.05) is 0 Å². The van der Waals surface area contributed by atoms with Crippen molar-refractivity contribution in [3.8, 4) is 0 Å². The highest BCUT2D eigenvalue weighted by Gasteiger charge is 2.05. The highest BCUT2D eigenvalue weighted by molar-refractivity contribution is 5.77. The minimum absolute atomic E-state index is 0.958. The lowest BCUT2D eigenvalue weighted by atomic mass is 10.3. The average Bonchev–Trinajstić information content (AvgIpc) is 2.47. The van der Waals surface area contributed by atoms with Crippen LogP contribution < -0.4 is 0 Å². The molecule has 0 atom stereocenters. The molecule has 68 valence electrons. The quantitative estimate of drug-likeness (QED) is 0.664. The van der Waals surface area contributed by atoms with Crippen molar-refractivity contribution in [1.29, 1.82) is 0 Å². The van der Waals surface area contributed by atoms with E-state index in [4.69, 9.17) is 0 Å². The first-order valence-corrected chi connectivity index (χ1v) is 4.51. The number of rotatable bonds is 1. The molecule has 0 aliphatic heterocycles. The predicted octanol–water partition coefficient (Wildman–Crippen LogP) is 2.07. The van der Waals surface area contributed by atoms with Crippen molar-refractivity contribution in [2.24, 2.45) is 0 Å². The van der Waals surface area contributed by atoms with E-state index in [9.17, 15) is 0 Å². The Hall–Kier alpha value is -1.38. The van der Waals surface area contributed by atoms with Gasteiger partial charge in [0.2, 0.25) is 0 Å². The van der Waals surface area contributed by atoms with Crippen LogP contribution in [0.15, 0.2) is 12.4 Å². The smallest absolute Gasteiger partial charge is 0.110 e. The van der Waals surface area contributed by atoms with Gasteiger partial charge < -0.3 is 4.57 Å². The van der Waals surface area contributed by atoms with E-state index in [0.717, 1.165) is 23.4 Å². The largest absolute Gasteiger partial charge is 0.331 e. The van der Waals surface area contributed by atoms with Gasteiger partial charge in [-0.2, -0.15) is 0 Å². The lowest BCUT2D eigenvalue weighted by Crippen LogP contribution is -1.93. The maximum atomic E-state index is 4.37.